The fourth-order valence-electron chi connectivity index (χ4n) is 1.79. The van der Waals surface area contributed by atoms with Gasteiger partial charge in [0.05, 0.1) is 12.3 Å². The monoisotopic (exact) mass is 236 g/mol. The molecule has 0 aromatic carbocycles. The molecule has 0 radical (unpaired) electrons. The molecule has 0 bridgehead atoms. The number of hydrogen-bond acceptors (Lipinski definition) is 4. The molecule has 2 aromatic rings. The highest BCUT2D eigenvalue weighted by molar-refractivity contribution is 7.17. The predicted molar refractivity (Wildman–Crippen MR) is 68.0 cm³/mol. The normalized spacial score (nSPS) is 13.1. The lowest BCUT2D eigenvalue weighted by Gasteiger charge is -2.14. The van der Waals surface area contributed by atoms with E-state index in [2.05, 4.69) is 27.8 Å². The summed E-state index contributed by atoms with van der Waals surface area (Å²) < 4.78 is 6.48. The van der Waals surface area contributed by atoms with E-state index >= 15 is 0 Å². The number of methoxy groups -OCH3 is 1. The zero-order chi connectivity index (χ0) is 11.4. The van der Waals surface area contributed by atoms with E-state index < -0.39 is 0 Å². The van der Waals surface area contributed by atoms with Crippen molar-refractivity contribution in [2.24, 2.45) is 0 Å². The first-order valence-electron chi connectivity index (χ1n) is 5.32. The predicted octanol–water partition coefficient (Wildman–Crippen LogP) is 2.07. The Balaban J connectivity index is 2.22. The van der Waals surface area contributed by atoms with Crippen LogP contribution in [0, 0.1) is 0 Å². The van der Waals surface area contributed by atoms with E-state index in [1.54, 1.807) is 18.4 Å². The molecule has 3 nitrogen and oxygen atoms in total. The second-order valence-corrected chi connectivity index (χ2v) is 4.68. The highest BCUT2D eigenvalue weighted by Gasteiger charge is 2.10. The molecule has 0 aliphatic rings. The van der Waals surface area contributed by atoms with Gasteiger partial charge in [-0.2, -0.15) is 0 Å². The Morgan fingerprint density at radius 1 is 1.50 bits per heavy atom. The topological polar surface area (TPSA) is 34.1 Å². The van der Waals surface area contributed by atoms with Crippen LogP contribution in [0.4, 0.5) is 0 Å². The van der Waals surface area contributed by atoms with Crippen LogP contribution in [0.5, 0.6) is 0 Å². The Hall–Kier alpha value is -0.970. The van der Waals surface area contributed by atoms with Crippen LogP contribution in [0.25, 0.3) is 10.1 Å². The number of hydrogen-bond donors (Lipinski definition) is 1. The first-order valence-corrected chi connectivity index (χ1v) is 6.20. The van der Waals surface area contributed by atoms with Crippen molar-refractivity contribution in [2.45, 2.75) is 12.5 Å². The first-order chi connectivity index (χ1) is 7.85. The quantitative estimate of drug-likeness (QED) is 0.863. The molecule has 1 atom stereocenters. The number of rotatable bonds is 5. The molecule has 4 heteroatoms. The van der Waals surface area contributed by atoms with Crippen molar-refractivity contribution in [1.29, 1.82) is 0 Å². The summed E-state index contributed by atoms with van der Waals surface area (Å²) in [5.74, 6) is 0. The summed E-state index contributed by atoms with van der Waals surface area (Å²) >= 11 is 1.76. The third-order valence-corrected chi connectivity index (χ3v) is 3.56. The Morgan fingerprint density at radius 3 is 3.12 bits per heavy atom. The zero-order valence-electron chi connectivity index (χ0n) is 9.56. The molecule has 2 rings (SSSR count). The number of pyridine rings is 1. The lowest BCUT2D eigenvalue weighted by molar-refractivity contribution is 0.169. The third-order valence-electron chi connectivity index (χ3n) is 2.68. The summed E-state index contributed by atoms with van der Waals surface area (Å²) in [5, 5.41) is 6.63. The van der Waals surface area contributed by atoms with Gasteiger partial charge in [0.25, 0.3) is 0 Å². The molecule has 0 fully saturated rings. The van der Waals surface area contributed by atoms with E-state index in [0.717, 1.165) is 12.1 Å². The number of nitrogens with one attached hydrogen (secondary N) is 1. The van der Waals surface area contributed by atoms with E-state index in [4.69, 9.17) is 4.74 Å². The maximum absolute atomic E-state index is 5.17. The average Bonchev–Trinajstić information content (AvgIpc) is 2.77. The van der Waals surface area contributed by atoms with Crippen LogP contribution in [0.2, 0.25) is 0 Å². The van der Waals surface area contributed by atoms with Crippen LogP contribution in [-0.4, -0.2) is 31.8 Å². The number of fused-ring (bicyclic) bond motifs is 1. The number of aromatic nitrogens is 1. The largest absolute Gasteiger partial charge is 0.383 e. The minimum Gasteiger partial charge on any atom is -0.383 e. The van der Waals surface area contributed by atoms with Crippen molar-refractivity contribution in [3.05, 3.63) is 29.4 Å². The summed E-state index contributed by atoms with van der Waals surface area (Å²) in [6, 6.07) is 4.53. The fourth-order valence-corrected chi connectivity index (χ4v) is 2.60. The maximum Gasteiger partial charge on any atom is 0.0619 e. The molecule has 0 aliphatic carbocycles. The van der Waals surface area contributed by atoms with E-state index in [9.17, 15) is 0 Å². The van der Waals surface area contributed by atoms with Gasteiger partial charge >= 0.3 is 0 Å². The van der Waals surface area contributed by atoms with Crippen LogP contribution in [0.15, 0.2) is 23.7 Å². The highest BCUT2D eigenvalue weighted by atomic mass is 32.1. The van der Waals surface area contributed by atoms with E-state index in [1.165, 1.54) is 10.1 Å². The molecule has 1 unspecified atom stereocenters. The minimum atomic E-state index is 0.322. The molecule has 1 N–H and O–H groups in total. The fraction of sp³-hybridized carbons (Fsp3) is 0.417. The summed E-state index contributed by atoms with van der Waals surface area (Å²) in [5.41, 5.74) is 1.15. The Morgan fingerprint density at radius 2 is 2.38 bits per heavy atom. The van der Waals surface area contributed by atoms with Crippen molar-refractivity contribution < 1.29 is 4.74 Å². The molecule has 0 spiro atoms. The van der Waals surface area contributed by atoms with Crippen LogP contribution in [0.1, 0.15) is 5.69 Å². The molecular weight excluding hydrogens is 220 g/mol. The molecule has 86 valence electrons. The van der Waals surface area contributed by atoms with Crippen molar-refractivity contribution in [1.82, 2.24) is 10.3 Å². The van der Waals surface area contributed by atoms with Gasteiger partial charge in [0, 0.05) is 35.9 Å². The van der Waals surface area contributed by atoms with Crippen LogP contribution >= 0.6 is 11.3 Å². The number of ether oxygens (including phenoxy) is 1. The van der Waals surface area contributed by atoms with Gasteiger partial charge in [-0.25, -0.2) is 0 Å². The third kappa shape index (κ3) is 2.40. The molecule has 2 heterocycles. The van der Waals surface area contributed by atoms with Crippen LogP contribution < -0.4 is 5.32 Å². The Labute approximate surface area is 99.5 Å². The second kappa shape index (κ2) is 5.39. The van der Waals surface area contributed by atoms with Gasteiger partial charge in [0.15, 0.2) is 0 Å². The minimum absolute atomic E-state index is 0.322. The van der Waals surface area contributed by atoms with Crippen LogP contribution in [-0.2, 0) is 11.2 Å². The Kier molecular flexibility index (Phi) is 3.88. The van der Waals surface area contributed by atoms with E-state index in [1.807, 2.05) is 13.2 Å². The zero-order valence-corrected chi connectivity index (χ0v) is 10.4. The lowest BCUT2D eigenvalue weighted by atomic mass is 10.1. The standard InChI is InChI=1S/C12H16N2OS/c1-13-9(8-15-2)7-11-10-4-6-16-12(10)3-5-14-11/h3-6,9,13H,7-8H2,1-2H3. The van der Waals surface area contributed by atoms with Gasteiger partial charge in [-0.3, -0.25) is 4.98 Å². The molecule has 0 amide bonds. The summed E-state index contributed by atoms with van der Waals surface area (Å²) in [6.45, 7) is 0.707. The average molecular weight is 236 g/mol. The highest BCUT2D eigenvalue weighted by Crippen LogP contribution is 2.23. The number of nitrogens with zero attached hydrogens (tertiary/aromatic N) is 1. The number of likely N-dealkylation sites (N-methyl/N-ethyl adjacent to an activating group) is 1. The van der Waals surface area contributed by atoms with Crippen molar-refractivity contribution in [2.75, 3.05) is 20.8 Å². The van der Waals surface area contributed by atoms with Crippen LogP contribution in [0.3, 0.4) is 0 Å². The van der Waals surface area contributed by atoms with Gasteiger partial charge in [-0.05, 0) is 24.6 Å². The molecule has 0 aliphatic heterocycles. The smallest absolute Gasteiger partial charge is 0.0619 e. The van der Waals surface area contributed by atoms with Crippen molar-refractivity contribution in [3.63, 3.8) is 0 Å². The summed E-state index contributed by atoms with van der Waals surface area (Å²) in [7, 11) is 3.68. The molecule has 16 heavy (non-hydrogen) atoms. The van der Waals surface area contributed by atoms with Gasteiger partial charge < -0.3 is 10.1 Å². The first kappa shape index (κ1) is 11.5. The second-order valence-electron chi connectivity index (χ2n) is 3.74. The van der Waals surface area contributed by atoms with Gasteiger partial charge in [0.1, 0.15) is 0 Å². The molecule has 0 saturated heterocycles. The summed E-state index contributed by atoms with van der Waals surface area (Å²) in [4.78, 5) is 4.46. The SMILES string of the molecule is CNC(COC)Cc1nccc2sccc12. The van der Waals surface area contributed by atoms with Gasteiger partial charge in [-0.1, -0.05) is 0 Å². The maximum atomic E-state index is 5.17. The molecule has 0 saturated carbocycles. The van der Waals surface area contributed by atoms with E-state index in [-0.39, 0.29) is 0 Å². The van der Waals surface area contributed by atoms with Crippen molar-refractivity contribution in [3.8, 4) is 0 Å². The number of thiophene rings is 1. The molecular formula is C12H16N2OS. The van der Waals surface area contributed by atoms with Crippen molar-refractivity contribution >= 4 is 21.4 Å². The molecule has 2 aromatic heterocycles. The lowest BCUT2D eigenvalue weighted by Crippen LogP contribution is -2.32. The van der Waals surface area contributed by atoms with Gasteiger partial charge in [-0.15, -0.1) is 11.3 Å². The van der Waals surface area contributed by atoms with E-state index in [0.29, 0.717) is 12.6 Å². The Bertz CT molecular complexity index is 455. The summed E-state index contributed by atoms with van der Waals surface area (Å²) in [6.07, 6.45) is 2.78. The van der Waals surface area contributed by atoms with Gasteiger partial charge in [0.2, 0.25) is 0 Å².